The van der Waals surface area contributed by atoms with Crippen molar-refractivity contribution in [1.29, 1.82) is 0 Å². The van der Waals surface area contributed by atoms with Gasteiger partial charge in [-0.15, -0.1) is 0 Å². The third kappa shape index (κ3) is 1.06. The van der Waals surface area contributed by atoms with Gasteiger partial charge in [-0.3, -0.25) is 0 Å². The maximum atomic E-state index is 13.3. The normalized spacial score (nSPS) is 14.4. The summed E-state index contributed by atoms with van der Waals surface area (Å²) in [6.07, 6.45) is 4.71. The number of aryl methyl sites for hydroxylation is 1. The standard InChI is InChI=1S/C11H11F/c1-2-8-6-9-4-3-5-10(9)11(12)7-8/h2,6-7H,1,3-5H2. The van der Waals surface area contributed by atoms with E-state index in [2.05, 4.69) is 6.58 Å². The van der Waals surface area contributed by atoms with Crippen LogP contribution < -0.4 is 0 Å². The summed E-state index contributed by atoms with van der Waals surface area (Å²) in [7, 11) is 0. The molecule has 12 heavy (non-hydrogen) atoms. The summed E-state index contributed by atoms with van der Waals surface area (Å²) >= 11 is 0. The van der Waals surface area contributed by atoms with Crippen molar-refractivity contribution < 1.29 is 4.39 Å². The minimum Gasteiger partial charge on any atom is -0.207 e. The molecule has 0 saturated carbocycles. The van der Waals surface area contributed by atoms with Gasteiger partial charge in [-0.25, -0.2) is 4.39 Å². The second-order valence-corrected chi connectivity index (χ2v) is 3.20. The average Bonchev–Trinajstić information content (AvgIpc) is 2.52. The Bertz CT molecular complexity index is 326. The highest BCUT2D eigenvalue weighted by Gasteiger charge is 2.15. The molecule has 62 valence electrons. The summed E-state index contributed by atoms with van der Waals surface area (Å²) in [6, 6.07) is 3.61. The van der Waals surface area contributed by atoms with Gasteiger partial charge in [0.05, 0.1) is 0 Å². The lowest BCUT2D eigenvalue weighted by Crippen LogP contribution is -1.89. The molecule has 0 atom stereocenters. The molecule has 0 bridgehead atoms. The lowest BCUT2D eigenvalue weighted by Gasteiger charge is -2.02. The Balaban J connectivity index is 2.58. The lowest BCUT2D eigenvalue weighted by atomic mass is 10.1. The maximum absolute atomic E-state index is 13.3. The zero-order chi connectivity index (χ0) is 8.55. The van der Waals surface area contributed by atoms with Crippen LogP contribution in [0.5, 0.6) is 0 Å². The van der Waals surface area contributed by atoms with E-state index in [0.29, 0.717) is 0 Å². The Morgan fingerprint density at radius 3 is 2.92 bits per heavy atom. The van der Waals surface area contributed by atoms with Crippen molar-refractivity contribution in [2.45, 2.75) is 19.3 Å². The zero-order valence-corrected chi connectivity index (χ0v) is 6.94. The van der Waals surface area contributed by atoms with Crippen LogP contribution in [0.25, 0.3) is 6.08 Å². The van der Waals surface area contributed by atoms with Gasteiger partial charge < -0.3 is 0 Å². The second-order valence-electron chi connectivity index (χ2n) is 3.20. The summed E-state index contributed by atoms with van der Waals surface area (Å²) in [6.45, 7) is 3.63. The SMILES string of the molecule is C=Cc1cc(F)c2c(c1)CCC2. The van der Waals surface area contributed by atoms with Crippen LogP contribution in [0, 0.1) is 5.82 Å². The van der Waals surface area contributed by atoms with E-state index in [-0.39, 0.29) is 5.82 Å². The zero-order valence-electron chi connectivity index (χ0n) is 6.94. The van der Waals surface area contributed by atoms with E-state index >= 15 is 0 Å². The molecule has 0 fully saturated rings. The van der Waals surface area contributed by atoms with Crippen molar-refractivity contribution in [3.05, 3.63) is 41.2 Å². The van der Waals surface area contributed by atoms with Crippen LogP contribution in [-0.4, -0.2) is 0 Å². The Morgan fingerprint density at radius 1 is 1.33 bits per heavy atom. The first-order valence-electron chi connectivity index (χ1n) is 4.25. The molecule has 0 unspecified atom stereocenters. The minimum atomic E-state index is -0.0556. The Labute approximate surface area is 71.7 Å². The molecule has 1 heteroatoms. The minimum absolute atomic E-state index is 0.0556. The van der Waals surface area contributed by atoms with Crippen LogP contribution in [0.1, 0.15) is 23.1 Å². The van der Waals surface area contributed by atoms with Gasteiger partial charge in [0.2, 0.25) is 0 Å². The summed E-state index contributed by atoms with van der Waals surface area (Å²) in [4.78, 5) is 0. The first-order chi connectivity index (χ1) is 5.81. The van der Waals surface area contributed by atoms with Crippen molar-refractivity contribution in [2.75, 3.05) is 0 Å². The molecule has 0 saturated heterocycles. The average molecular weight is 162 g/mol. The summed E-state index contributed by atoms with van der Waals surface area (Å²) in [5.41, 5.74) is 2.98. The van der Waals surface area contributed by atoms with Gasteiger partial charge in [0.25, 0.3) is 0 Å². The van der Waals surface area contributed by atoms with Crippen LogP contribution in [0.15, 0.2) is 18.7 Å². The van der Waals surface area contributed by atoms with Gasteiger partial charge in [-0.05, 0) is 42.0 Å². The van der Waals surface area contributed by atoms with Crippen LogP contribution in [0.4, 0.5) is 4.39 Å². The largest absolute Gasteiger partial charge is 0.207 e. The first kappa shape index (κ1) is 7.53. The highest BCUT2D eigenvalue weighted by atomic mass is 19.1. The number of benzene rings is 1. The van der Waals surface area contributed by atoms with Gasteiger partial charge in [0.1, 0.15) is 5.82 Å². The van der Waals surface area contributed by atoms with E-state index in [4.69, 9.17) is 0 Å². The molecule has 0 N–H and O–H groups in total. The van der Waals surface area contributed by atoms with Crippen molar-refractivity contribution in [2.24, 2.45) is 0 Å². The van der Waals surface area contributed by atoms with Crippen molar-refractivity contribution in [3.8, 4) is 0 Å². The molecule has 0 amide bonds. The number of fused-ring (bicyclic) bond motifs is 1. The quantitative estimate of drug-likeness (QED) is 0.595. The van der Waals surface area contributed by atoms with Gasteiger partial charge in [-0.1, -0.05) is 18.7 Å². The van der Waals surface area contributed by atoms with E-state index in [1.807, 2.05) is 6.07 Å². The molecular weight excluding hydrogens is 151 g/mol. The smallest absolute Gasteiger partial charge is 0.127 e. The van der Waals surface area contributed by atoms with E-state index in [1.165, 1.54) is 5.56 Å². The van der Waals surface area contributed by atoms with Crippen LogP contribution in [0.2, 0.25) is 0 Å². The maximum Gasteiger partial charge on any atom is 0.127 e. The Morgan fingerprint density at radius 2 is 2.17 bits per heavy atom. The topological polar surface area (TPSA) is 0 Å². The molecule has 0 heterocycles. The number of hydrogen-bond acceptors (Lipinski definition) is 0. The van der Waals surface area contributed by atoms with Crippen LogP contribution in [-0.2, 0) is 12.8 Å². The fourth-order valence-electron chi connectivity index (χ4n) is 1.79. The predicted octanol–water partition coefficient (Wildman–Crippen LogP) is 2.96. The Hall–Kier alpha value is -1.11. The Kier molecular flexibility index (Phi) is 1.72. The third-order valence-electron chi connectivity index (χ3n) is 2.42. The van der Waals surface area contributed by atoms with E-state index in [1.54, 1.807) is 12.1 Å². The number of hydrogen-bond donors (Lipinski definition) is 0. The van der Waals surface area contributed by atoms with Crippen LogP contribution in [0.3, 0.4) is 0 Å². The summed E-state index contributed by atoms with van der Waals surface area (Å²) in [5.74, 6) is -0.0556. The van der Waals surface area contributed by atoms with E-state index in [0.717, 1.165) is 30.4 Å². The predicted molar refractivity (Wildman–Crippen MR) is 48.5 cm³/mol. The molecule has 0 radical (unpaired) electrons. The number of halogens is 1. The van der Waals surface area contributed by atoms with E-state index < -0.39 is 0 Å². The van der Waals surface area contributed by atoms with E-state index in [9.17, 15) is 4.39 Å². The molecule has 2 rings (SSSR count). The monoisotopic (exact) mass is 162 g/mol. The molecule has 0 nitrogen and oxygen atoms in total. The molecule has 1 aliphatic carbocycles. The van der Waals surface area contributed by atoms with Crippen molar-refractivity contribution in [3.63, 3.8) is 0 Å². The summed E-state index contributed by atoms with van der Waals surface area (Å²) < 4.78 is 13.3. The molecule has 1 aromatic carbocycles. The summed E-state index contributed by atoms with van der Waals surface area (Å²) in [5, 5.41) is 0. The molecular formula is C11H11F. The fraction of sp³-hybridized carbons (Fsp3) is 0.273. The number of rotatable bonds is 1. The van der Waals surface area contributed by atoms with Gasteiger partial charge in [0.15, 0.2) is 0 Å². The van der Waals surface area contributed by atoms with Gasteiger partial charge >= 0.3 is 0 Å². The second kappa shape index (κ2) is 2.74. The molecule has 0 aromatic heterocycles. The van der Waals surface area contributed by atoms with Crippen molar-refractivity contribution in [1.82, 2.24) is 0 Å². The van der Waals surface area contributed by atoms with Crippen LogP contribution >= 0.6 is 0 Å². The third-order valence-corrected chi connectivity index (χ3v) is 2.42. The first-order valence-corrected chi connectivity index (χ1v) is 4.25. The fourth-order valence-corrected chi connectivity index (χ4v) is 1.79. The van der Waals surface area contributed by atoms with Gasteiger partial charge in [0, 0.05) is 0 Å². The lowest BCUT2D eigenvalue weighted by molar-refractivity contribution is 0.612. The van der Waals surface area contributed by atoms with Gasteiger partial charge in [-0.2, -0.15) is 0 Å². The molecule has 0 aliphatic heterocycles. The molecule has 1 aromatic rings. The van der Waals surface area contributed by atoms with Crippen molar-refractivity contribution >= 4 is 6.08 Å². The highest BCUT2D eigenvalue weighted by Crippen LogP contribution is 2.26. The molecule has 1 aliphatic rings. The highest BCUT2D eigenvalue weighted by molar-refractivity contribution is 5.51. The molecule has 0 spiro atoms.